The molecule has 0 aliphatic carbocycles. The minimum atomic E-state index is 0.0435. The fourth-order valence-electron chi connectivity index (χ4n) is 3.36. The summed E-state index contributed by atoms with van der Waals surface area (Å²) in [4.78, 5) is 25.2. The number of ether oxygens (including phenoxy) is 1. The van der Waals surface area contributed by atoms with Gasteiger partial charge in [-0.1, -0.05) is 35.1 Å². The van der Waals surface area contributed by atoms with Crippen LogP contribution in [-0.2, 0) is 11.3 Å². The van der Waals surface area contributed by atoms with E-state index in [1.165, 1.54) is 11.3 Å². The standard InChI is InChI=1S/C25H24ClN3O2S2/c1-17-7-12-21(26)24-23(17)28-25(33-24)29(16-18-5-3-13-27-15-18)22(30)6-4-14-32-20-10-8-19(31-2)9-11-20/h3,5,7-13,15H,4,6,14,16H2,1-2H3. The summed E-state index contributed by atoms with van der Waals surface area (Å²) in [5, 5.41) is 1.32. The number of hydrogen-bond acceptors (Lipinski definition) is 6. The number of thiazole rings is 1. The molecule has 2 aromatic carbocycles. The third kappa shape index (κ3) is 5.85. The molecular weight excluding hydrogens is 474 g/mol. The van der Waals surface area contributed by atoms with Crippen molar-refractivity contribution in [2.24, 2.45) is 0 Å². The number of amides is 1. The molecule has 0 fully saturated rings. The summed E-state index contributed by atoms with van der Waals surface area (Å²) in [5.41, 5.74) is 2.85. The fourth-order valence-corrected chi connectivity index (χ4v) is 5.55. The zero-order chi connectivity index (χ0) is 23.2. The summed E-state index contributed by atoms with van der Waals surface area (Å²) < 4.78 is 6.11. The molecule has 8 heteroatoms. The van der Waals surface area contributed by atoms with Crippen LogP contribution in [0.15, 0.2) is 65.8 Å². The molecular formula is C25H24ClN3O2S2. The van der Waals surface area contributed by atoms with E-state index in [0.717, 1.165) is 44.2 Å². The number of carbonyl (C=O) groups is 1. The van der Waals surface area contributed by atoms with E-state index >= 15 is 0 Å². The first-order chi connectivity index (χ1) is 16.0. The van der Waals surface area contributed by atoms with Crippen molar-refractivity contribution >= 4 is 56.0 Å². The number of halogens is 1. The highest BCUT2D eigenvalue weighted by molar-refractivity contribution is 7.99. The predicted octanol–water partition coefficient (Wildman–Crippen LogP) is 6.77. The smallest absolute Gasteiger partial charge is 0.229 e. The molecule has 0 aliphatic rings. The Kier molecular flexibility index (Phi) is 7.85. The van der Waals surface area contributed by atoms with Crippen LogP contribution in [-0.4, -0.2) is 28.7 Å². The Morgan fingerprint density at radius 3 is 2.70 bits per heavy atom. The van der Waals surface area contributed by atoms with Gasteiger partial charge >= 0.3 is 0 Å². The lowest BCUT2D eigenvalue weighted by Gasteiger charge is -2.20. The van der Waals surface area contributed by atoms with Crippen LogP contribution in [0.4, 0.5) is 5.13 Å². The molecule has 2 heterocycles. The van der Waals surface area contributed by atoms with Crippen LogP contribution in [0.25, 0.3) is 10.2 Å². The molecule has 0 saturated heterocycles. The average Bonchev–Trinajstić information content (AvgIpc) is 3.30. The second-order valence-electron chi connectivity index (χ2n) is 7.51. The van der Waals surface area contributed by atoms with Crippen LogP contribution in [0.5, 0.6) is 5.75 Å². The number of aryl methyl sites for hydroxylation is 1. The summed E-state index contributed by atoms with van der Waals surface area (Å²) >= 11 is 9.60. The van der Waals surface area contributed by atoms with Crippen molar-refractivity contribution in [2.45, 2.75) is 31.2 Å². The Morgan fingerprint density at radius 2 is 2.00 bits per heavy atom. The van der Waals surface area contributed by atoms with Crippen LogP contribution >= 0.6 is 34.7 Å². The molecule has 4 aromatic rings. The van der Waals surface area contributed by atoms with Gasteiger partial charge in [0.2, 0.25) is 5.91 Å². The van der Waals surface area contributed by atoms with Gasteiger partial charge in [-0.25, -0.2) is 4.98 Å². The van der Waals surface area contributed by atoms with Crippen molar-refractivity contribution in [1.82, 2.24) is 9.97 Å². The fraction of sp³-hybridized carbons (Fsp3) is 0.240. The summed E-state index contributed by atoms with van der Waals surface area (Å²) in [6.07, 6.45) is 4.72. The lowest BCUT2D eigenvalue weighted by molar-refractivity contribution is -0.118. The second kappa shape index (κ2) is 11.0. The molecule has 0 N–H and O–H groups in total. The third-order valence-corrected chi connectivity index (χ3v) is 7.78. The monoisotopic (exact) mass is 497 g/mol. The highest BCUT2D eigenvalue weighted by Gasteiger charge is 2.21. The van der Waals surface area contributed by atoms with Crippen LogP contribution in [0, 0.1) is 6.92 Å². The largest absolute Gasteiger partial charge is 0.497 e. The molecule has 0 unspecified atom stereocenters. The Hall–Kier alpha value is -2.61. The molecule has 5 nitrogen and oxygen atoms in total. The van der Waals surface area contributed by atoms with Gasteiger partial charge in [0.15, 0.2) is 5.13 Å². The number of hydrogen-bond donors (Lipinski definition) is 0. The zero-order valence-electron chi connectivity index (χ0n) is 18.5. The quantitative estimate of drug-likeness (QED) is 0.189. The van der Waals surface area contributed by atoms with Crippen LogP contribution in [0.1, 0.15) is 24.0 Å². The SMILES string of the molecule is COc1ccc(SCCCC(=O)N(Cc2cccnc2)c2nc3c(C)ccc(Cl)c3s2)cc1. The summed E-state index contributed by atoms with van der Waals surface area (Å²) in [6.45, 7) is 2.43. The van der Waals surface area contributed by atoms with Gasteiger partial charge in [0.1, 0.15) is 5.75 Å². The van der Waals surface area contributed by atoms with Gasteiger partial charge in [-0.15, -0.1) is 11.8 Å². The number of methoxy groups -OCH3 is 1. The number of nitrogens with zero attached hydrogens (tertiary/aromatic N) is 3. The molecule has 4 rings (SSSR count). The van der Waals surface area contributed by atoms with Gasteiger partial charge < -0.3 is 4.74 Å². The lowest BCUT2D eigenvalue weighted by Crippen LogP contribution is -2.30. The maximum Gasteiger partial charge on any atom is 0.229 e. The summed E-state index contributed by atoms with van der Waals surface area (Å²) in [6, 6.07) is 15.6. The first-order valence-electron chi connectivity index (χ1n) is 10.6. The van der Waals surface area contributed by atoms with Gasteiger partial charge in [0, 0.05) is 23.7 Å². The van der Waals surface area contributed by atoms with Crippen LogP contribution < -0.4 is 9.64 Å². The molecule has 33 heavy (non-hydrogen) atoms. The van der Waals surface area contributed by atoms with Crippen LogP contribution in [0.3, 0.4) is 0 Å². The van der Waals surface area contributed by atoms with E-state index in [0.29, 0.717) is 23.1 Å². The van der Waals surface area contributed by atoms with E-state index in [-0.39, 0.29) is 5.91 Å². The van der Waals surface area contributed by atoms with E-state index in [9.17, 15) is 4.79 Å². The number of fused-ring (bicyclic) bond motifs is 1. The molecule has 0 atom stereocenters. The molecule has 0 radical (unpaired) electrons. The molecule has 0 saturated carbocycles. The second-order valence-corrected chi connectivity index (χ2v) is 10.1. The molecule has 2 aromatic heterocycles. The van der Waals surface area contributed by atoms with Crippen molar-refractivity contribution in [3.8, 4) is 5.75 Å². The van der Waals surface area contributed by atoms with Crippen molar-refractivity contribution in [1.29, 1.82) is 0 Å². The normalized spacial score (nSPS) is 11.0. The van der Waals surface area contributed by atoms with E-state index in [4.69, 9.17) is 21.3 Å². The van der Waals surface area contributed by atoms with E-state index in [1.54, 1.807) is 36.2 Å². The lowest BCUT2D eigenvalue weighted by atomic mass is 10.2. The molecule has 0 bridgehead atoms. The Labute approximate surface area is 206 Å². The van der Waals surface area contributed by atoms with Crippen molar-refractivity contribution in [2.75, 3.05) is 17.8 Å². The Balaban J connectivity index is 1.47. The van der Waals surface area contributed by atoms with Gasteiger partial charge in [-0.3, -0.25) is 14.7 Å². The van der Waals surface area contributed by atoms with E-state index in [1.807, 2.05) is 55.5 Å². The topological polar surface area (TPSA) is 55.3 Å². The van der Waals surface area contributed by atoms with Crippen molar-refractivity contribution in [3.05, 3.63) is 77.1 Å². The zero-order valence-corrected chi connectivity index (χ0v) is 20.8. The minimum Gasteiger partial charge on any atom is -0.497 e. The third-order valence-electron chi connectivity index (χ3n) is 5.14. The number of pyridine rings is 1. The van der Waals surface area contributed by atoms with E-state index < -0.39 is 0 Å². The van der Waals surface area contributed by atoms with Gasteiger partial charge in [-0.2, -0.15) is 0 Å². The molecule has 0 aliphatic heterocycles. The van der Waals surface area contributed by atoms with E-state index in [2.05, 4.69) is 4.98 Å². The molecule has 170 valence electrons. The van der Waals surface area contributed by atoms with Gasteiger partial charge in [0.05, 0.1) is 28.9 Å². The predicted molar refractivity (Wildman–Crippen MR) is 138 cm³/mol. The van der Waals surface area contributed by atoms with Gasteiger partial charge in [0.25, 0.3) is 0 Å². The van der Waals surface area contributed by atoms with Crippen molar-refractivity contribution in [3.63, 3.8) is 0 Å². The Morgan fingerprint density at radius 1 is 1.18 bits per heavy atom. The molecule has 0 spiro atoms. The number of carbonyl (C=O) groups excluding carboxylic acids is 1. The number of rotatable bonds is 9. The van der Waals surface area contributed by atoms with Crippen molar-refractivity contribution < 1.29 is 9.53 Å². The first kappa shape index (κ1) is 23.5. The highest BCUT2D eigenvalue weighted by atomic mass is 35.5. The Bertz CT molecular complexity index is 1190. The summed E-state index contributed by atoms with van der Waals surface area (Å²) in [7, 11) is 1.66. The first-order valence-corrected chi connectivity index (χ1v) is 12.7. The number of thioether (sulfide) groups is 1. The average molecular weight is 498 g/mol. The molecule has 1 amide bonds. The summed E-state index contributed by atoms with van der Waals surface area (Å²) in [5.74, 6) is 1.73. The minimum absolute atomic E-state index is 0.0435. The maximum atomic E-state index is 13.3. The number of anilines is 1. The maximum absolute atomic E-state index is 13.3. The van der Waals surface area contributed by atoms with Crippen LogP contribution in [0.2, 0.25) is 5.02 Å². The van der Waals surface area contributed by atoms with Gasteiger partial charge in [-0.05, 0) is 66.6 Å². The highest BCUT2D eigenvalue weighted by Crippen LogP contribution is 2.36. The number of aromatic nitrogens is 2. The number of benzene rings is 2.